The minimum Gasteiger partial charge on any atom is -0.480 e. The molecule has 0 radical (unpaired) electrons. The van der Waals surface area contributed by atoms with Gasteiger partial charge in [0.1, 0.15) is 12.6 Å². The van der Waals surface area contributed by atoms with E-state index in [-0.39, 0.29) is 26.2 Å². The first kappa shape index (κ1) is 15.7. The number of ether oxygens (including phenoxy) is 1. The van der Waals surface area contributed by atoms with Gasteiger partial charge in [-0.25, -0.2) is 9.59 Å². The fourth-order valence-corrected chi connectivity index (χ4v) is 0.937. The van der Waals surface area contributed by atoms with Gasteiger partial charge in [0.05, 0.1) is 6.61 Å². The Balaban J connectivity index is 3.79. The molecule has 8 nitrogen and oxygen atoms in total. The summed E-state index contributed by atoms with van der Waals surface area (Å²) in [6, 6.07) is -1.82. The second kappa shape index (κ2) is 8.83. The highest BCUT2D eigenvalue weighted by Crippen LogP contribution is 1.90. The summed E-state index contributed by atoms with van der Waals surface area (Å²) in [5.41, 5.74) is 4.82. The largest absolute Gasteiger partial charge is 0.480 e. The first-order valence-electron chi connectivity index (χ1n) is 5.04. The van der Waals surface area contributed by atoms with Gasteiger partial charge in [0, 0.05) is 13.0 Å². The highest BCUT2D eigenvalue weighted by Gasteiger charge is 2.18. The number of primary amides is 1. The van der Waals surface area contributed by atoms with Crippen LogP contribution in [0.4, 0.5) is 4.79 Å². The first-order valence-corrected chi connectivity index (χ1v) is 5.04. The quantitative estimate of drug-likeness (QED) is 0.303. The molecular formula is C10H15N3O5. The molecule has 1 unspecified atom stereocenters. The Morgan fingerprint density at radius 1 is 1.44 bits per heavy atom. The van der Waals surface area contributed by atoms with Crippen molar-refractivity contribution in [3.8, 4) is 12.3 Å². The average Bonchev–Trinajstić information content (AvgIpc) is 2.27. The van der Waals surface area contributed by atoms with Crippen LogP contribution < -0.4 is 16.4 Å². The van der Waals surface area contributed by atoms with Crippen molar-refractivity contribution >= 4 is 17.9 Å². The van der Waals surface area contributed by atoms with Gasteiger partial charge in [-0.2, -0.15) is 0 Å². The van der Waals surface area contributed by atoms with Gasteiger partial charge in [-0.3, -0.25) is 4.79 Å². The van der Waals surface area contributed by atoms with E-state index in [1.165, 1.54) is 0 Å². The van der Waals surface area contributed by atoms with E-state index in [9.17, 15) is 14.4 Å². The summed E-state index contributed by atoms with van der Waals surface area (Å²) in [5.74, 6) is 0.318. The van der Waals surface area contributed by atoms with Crippen LogP contribution in [0, 0.1) is 12.3 Å². The second-order valence-electron chi connectivity index (χ2n) is 3.22. The molecule has 0 fully saturated rings. The van der Waals surface area contributed by atoms with Crippen LogP contribution in [0.25, 0.3) is 0 Å². The number of nitrogens with two attached hydrogens (primary N) is 1. The lowest BCUT2D eigenvalue weighted by Gasteiger charge is -2.12. The minimum absolute atomic E-state index is 0.0865. The van der Waals surface area contributed by atoms with Gasteiger partial charge in [0.2, 0.25) is 5.91 Å². The molecule has 0 aromatic carbocycles. The first-order chi connectivity index (χ1) is 8.47. The molecule has 8 heteroatoms. The van der Waals surface area contributed by atoms with Crippen LogP contribution in [0.2, 0.25) is 0 Å². The molecule has 100 valence electrons. The van der Waals surface area contributed by atoms with E-state index in [0.717, 1.165) is 0 Å². The molecule has 0 aromatic heterocycles. The third kappa shape index (κ3) is 7.95. The number of hydrogen-bond donors (Lipinski definition) is 4. The van der Waals surface area contributed by atoms with Crippen molar-refractivity contribution in [2.75, 3.05) is 19.8 Å². The van der Waals surface area contributed by atoms with Crippen molar-refractivity contribution in [1.82, 2.24) is 10.6 Å². The fourth-order valence-electron chi connectivity index (χ4n) is 0.937. The van der Waals surface area contributed by atoms with Crippen molar-refractivity contribution in [3.05, 3.63) is 0 Å². The summed E-state index contributed by atoms with van der Waals surface area (Å²) < 4.78 is 4.78. The van der Waals surface area contributed by atoms with E-state index in [1.54, 1.807) is 0 Å². The van der Waals surface area contributed by atoms with Crippen molar-refractivity contribution in [3.63, 3.8) is 0 Å². The smallest absolute Gasteiger partial charge is 0.327 e. The Bertz CT molecular complexity index is 350. The predicted octanol–water partition coefficient (Wildman–Crippen LogP) is -1.74. The molecule has 0 aliphatic heterocycles. The van der Waals surface area contributed by atoms with Crippen LogP contribution in [0.1, 0.15) is 6.42 Å². The predicted molar refractivity (Wildman–Crippen MR) is 61.4 cm³/mol. The Hall–Kier alpha value is -2.27. The number of nitrogens with one attached hydrogen (secondary N) is 2. The maximum absolute atomic E-state index is 11.2. The zero-order chi connectivity index (χ0) is 14.0. The van der Waals surface area contributed by atoms with Crippen molar-refractivity contribution in [1.29, 1.82) is 0 Å². The Kier molecular flexibility index (Phi) is 7.72. The highest BCUT2D eigenvalue weighted by molar-refractivity contribution is 5.82. The number of carbonyl (C=O) groups excluding carboxylic acids is 2. The van der Waals surface area contributed by atoms with Gasteiger partial charge < -0.3 is 26.2 Å². The van der Waals surface area contributed by atoms with Crippen molar-refractivity contribution in [2.24, 2.45) is 5.73 Å². The molecule has 0 aliphatic carbocycles. The number of carbonyl (C=O) groups is 3. The van der Waals surface area contributed by atoms with E-state index in [4.69, 9.17) is 22.0 Å². The van der Waals surface area contributed by atoms with Gasteiger partial charge in [-0.05, 0) is 0 Å². The normalized spacial score (nSPS) is 11.1. The minimum atomic E-state index is -1.21. The van der Waals surface area contributed by atoms with Crippen LogP contribution >= 0.6 is 0 Å². The van der Waals surface area contributed by atoms with Crippen LogP contribution in [0.5, 0.6) is 0 Å². The van der Waals surface area contributed by atoms with Gasteiger partial charge >= 0.3 is 12.0 Å². The molecule has 0 heterocycles. The summed E-state index contributed by atoms with van der Waals surface area (Å²) in [4.78, 5) is 32.2. The number of carboxylic acid groups (broad SMARTS) is 1. The summed E-state index contributed by atoms with van der Waals surface area (Å²) in [6.45, 7) is -0.0388. The number of urea groups is 1. The highest BCUT2D eigenvalue weighted by atomic mass is 16.5. The molecule has 18 heavy (non-hydrogen) atoms. The third-order valence-electron chi connectivity index (χ3n) is 1.70. The summed E-state index contributed by atoms with van der Waals surface area (Å²) in [6.07, 6.45) is 4.85. The lowest BCUT2D eigenvalue weighted by atomic mass is 10.2. The molecule has 0 bridgehead atoms. The number of terminal acetylenes is 1. The second-order valence-corrected chi connectivity index (χ2v) is 3.22. The SMILES string of the molecule is C#CCC(NC(=O)NCCOCC(N)=O)C(=O)O. The van der Waals surface area contributed by atoms with Crippen LogP contribution in [-0.4, -0.2) is 48.8 Å². The third-order valence-corrected chi connectivity index (χ3v) is 1.70. The van der Waals surface area contributed by atoms with E-state index >= 15 is 0 Å². The van der Waals surface area contributed by atoms with Gasteiger partial charge in [0.25, 0.3) is 0 Å². The molecular weight excluding hydrogens is 242 g/mol. The van der Waals surface area contributed by atoms with E-state index in [1.807, 2.05) is 0 Å². The number of rotatable bonds is 8. The van der Waals surface area contributed by atoms with Crippen LogP contribution in [0.15, 0.2) is 0 Å². The maximum atomic E-state index is 11.2. The molecule has 0 saturated carbocycles. The van der Waals surface area contributed by atoms with E-state index in [2.05, 4.69) is 16.6 Å². The molecule has 5 N–H and O–H groups in total. The fraction of sp³-hybridized carbons (Fsp3) is 0.500. The molecule has 1 atom stereocenters. The lowest BCUT2D eigenvalue weighted by Crippen LogP contribution is -2.46. The lowest BCUT2D eigenvalue weighted by molar-refractivity contribution is -0.139. The van der Waals surface area contributed by atoms with E-state index in [0.29, 0.717) is 0 Å². The Labute approximate surface area is 104 Å². The molecule has 0 rings (SSSR count). The molecule has 0 aromatic rings. The number of carboxylic acids is 1. The van der Waals surface area contributed by atoms with Gasteiger partial charge in [0.15, 0.2) is 0 Å². The standard InChI is InChI=1S/C10H15N3O5/c1-2-3-7(9(15)16)13-10(17)12-4-5-18-6-8(11)14/h1,7H,3-6H2,(H2,11,14)(H,15,16)(H2,12,13,17). The zero-order valence-electron chi connectivity index (χ0n) is 9.64. The monoisotopic (exact) mass is 257 g/mol. The average molecular weight is 257 g/mol. The van der Waals surface area contributed by atoms with Crippen LogP contribution in [0.3, 0.4) is 0 Å². The summed E-state index contributed by atoms with van der Waals surface area (Å²) in [5, 5.41) is 13.2. The molecule has 0 spiro atoms. The number of aliphatic carboxylic acids is 1. The van der Waals surface area contributed by atoms with E-state index < -0.39 is 23.9 Å². The topological polar surface area (TPSA) is 131 Å². The molecule has 0 saturated heterocycles. The van der Waals surface area contributed by atoms with Gasteiger partial charge in [-0.1, -0.05) is 0 Å². The number of amides is 3. The summed E-state index contributed by atoms with van der Waals surface area (Å²) in [7, 11) is 0. The van der Waals surface area contributed by atoms with Crippen LogP contribution in [-0.2, 0) is 14.3 Å². The van der Waals surface area contributed by atoms with Crippen molar-refractivity contribution < 1.29 is 24.2 Å². The Morgan fingerprint density at radius 2 is 2.11 bits per heavy atom. The summed E-state index contributed by atoms with van der Waals surface area (Å²) >= 11 is 0. The molecule has 3 amide bonds. The number of hydrogen-bond acceptors (Lipinski definition) is 4. The van der Waals surface area contributed by atoms with Gasteiger partial charge in [-0.15, -0.1) is 12.3 Å². The Morgan fingerprint density at radius 3 is 2.61 bits per heavy atom. The zero-order valence-corrected chi connectivity index (χ0v) is 9.64. The van der Waals surface area contributed by atoms with Crippen molar-refractivity contribution in [2.45, 2.75) is 12.5 Å². The molecule has 0 aliphatic rings. The maximum Gasteiger partial charge on any atom is 0.327 e.